The number of aliphatic hydroxyl groups is 2. The van der Waals surface area contributed by atoms with Gasteiger partial charge >= 0.3 is 0 Å². The van der Waals surface area contributed by atoms with Gasteiger partial charge in [-0.25, -0.2) is 4.98 Å². The van der Waals surface area contributed by atoms with E-state index in [1.807, 2.05) is 67.6 Å². The van der Waals surface area contributed by atoms with Gasteiger partial charge in [0.1, 0.15) is 0 Å². The van der Waals surface area contributed by atoms with Crippen LogP contribution in [0, 0.1) is 6.92 Å². The average molecular weight is 431 g/mol. The van der Waals surface area contributed by atoms with Crippen molar-refractivity contribution in [2.45, 2.75) is 25.5 Å². The number of benzene rings is 2. The molecule has 4 rings (SSSR count). The van der Waals surface area contributed by atoms with Crippen LogP contribution in [0.4, 0.5) is 0 Å². The Kier molecular flexibility index (Phi) is 6.30. The van der Waals surface area contributed by atoms with Crippen molar-refractivity contribution in [3.05, 3.63) is 83.6 Å². The van der Waals surface area contributed by atoms with Crippen LogP contribution >= 0.6 is 0 Å². The second kappa shape index (κ2) is 9.30. The van der Waals surface area contributed by atoms with Gasteiger partial charge in [-0.3, -0.25) is 9.48 Å². The van der Waals surface area contributed by atoms with Crippen LogP contribution in [0.25, 0.3) is 22.3 Å². The molecule has 2 atom stereocenters. The summed E-state index contributed by atoms with van der Waals surface area (Å²) < 4.78 is 1.66. The minimum atomic E-state index is -0.800. The molecule has 4 aromatic rings. The van der Waals surface area contributed by atoms with Crippen molar-refractivity contribution in [1.82, 2.24) is 20.1 Å². The molecule has 3 N–H and O–H groups in total. The molecule has 1 amide bonds. The van der Waals surface area contributed by atoms with E-state index in [1.54, 1.807) is 17.8 Å². The Labute approximate surface area is 186 Å². The van der Waals surface area contributed by atoms with Crippen LogP contribution in [0.1, 0.15) is 34.1 Å². The van der Waals surface area contributed by atoms with E-state index in [0.717, 1.165) is 11.1 Å². The zero-order chi connectivity index (χ0) is 22.7. The largest absolute Gasteiger partial charge is 0.394 e. The summed E-state index contributed by atoms with van der Waals surface area (Å²) in [6.45, 7) is 1.55. The van der Waals surface area contributed by atoms with Crippen LogP contribution in [-0.2, 0) is 7.05 Å². The molecular weight excluding hydrogens is 404 g/mol. The third-order valence-corrected chi connectivity index (χ3v) is 5.53. The van der Waals surface area contributed by atoms with Crippen LogP contribution in [0.5, 0.6) is 0 Å². The molecule has 0 aliphatic rings. The number of aliphatic hydroxyl groups excluding tert-OH is 2. The predicted octanol–water partition coefficient (Wildman–Crippen LogP) is 3.16. The predicted molar refractivity (Wildman–Crippen MR) is 123 cm³/mol. The highest BCUT2D eigenvalue weighted by Gasteiger charge is 2.23. The fourth-order valence-electron chi connectivity index (χ4n) is 3.90. The Hall–Kier alpha value is -3.55. The van der Waals surface area contributed by atoms with Crippen molar-refractivity contribution in [3.8, 4) is 11.3 Å². The Morgan fingerprint density at radius 3 is 2.41 bits per heavy atom. The van der Waals surface area contributed by atoms with Gasteiger partial charge in [0.15, 0.2) is 5.65 Å². The van der Waals surface area contributed by atoms with E-state index in [1.165, 1.54) is 0 Å². The topological polar surface area (TPSA) is 100 Å². The van der Waals surface area contributed by atoms with Gasteiger partial charge in [0.05, 0.1) is 41.1 Å². The molecule has 0 spiro atoms. The van der Waals surface area contributed by atoms with Crippen molar-refractivity contribution >= 4 is 16.9 Å². The Morgan fingerprint density at radius 2 is 1.75 bits per heavy atom. The second-order valence-corrected chi connectivity index (χ2v) is 7.84. The summed E-state index contributed by atoms with van der Waals surface area (Å²) in [7, 11) is 1.80. The van der Waals surface area contributed by atoms with Gasteiger partial charge < -0.3 is 15.5 Å². The Morgan fingerprint density at radius 1 is 1.09 bits per heavy atom. The number of hydrogen-bond acceptors (Lipinski definition) is 5. The highest BCUT2D eigenvalue weighted by molar-refractivity contribution is 6.07. The number of amides is 1. The molecule has 2 aromatic heterocycles. The van der Waals surface area contributed by atoms with Crippen molar-refractivity contribution in [1.29, 1.82) is 0 Å². The third kappa shape index (κ3) is 4.39. The fourth-order valence-corrected chi connectivity index (χ4v) is 3.90. The SMILES string of the molecule is Cc1nn(C)c2nc(-c3ccccc3)cc(C(=O)NC(CO)CC(O)c3ccccc3)c12. The van der Waals surface area contributed by atoms with Crippen LogP contribution in [0.15, 0.2) is 66.7 Å². The highest BCUT2D eigenvalue weighted by Crippen LogP contribution is 2.27. The smallest absolute Gasteiger partial charge is 0.252 e. The first-order valence-corrected chi connectivity index (χ1v) is 10.5. The number of aromatic nitrogens is 3. The zero-order valence-corrected chi connectivity index (χ0v) is 18.1. The molecule has 0 bridgehead atoms. The summed E-state index contributed by atoms with van der Waals surface area (Å²) in [5.74, 6) is -0.343. The van der Waals surface area contributed by atoms with Gasteiger partial charge in [0.25, 0.3) is 5.91 Å². The minimum Gasteiger partial charge on any atom is -0.394 e. The third-order valence-electron chi connectivity index (χ3n) is 5.53. The first-order chi connectivity index (χ1) is 15.5. The Bertz CT molecular complexity index is 1220. The number of nitrogens with one attached hydrogen (secondary N) is 1. The molecule has 2 aromatic carbocycles. The number of nitrogens with zero attached hydrogens (tertiary/aromatic N) is 3. The molecule has 0 radical (unpaired) electrons. The minimum absolute atomic E-state index is 0.193. The lowest BCUT2D eigenvalue weighted by atomic mass is 10.0. The number of aryl methyl sites for hydroxylation is 2. The van der Waals surface area contributed by atoms with Gasteiger partial charge in [-0.1, -0.05) is 60.7 Å². The normalized spacial score (nSPS) is 13.1. The lowest BCUT2D eigenvalue weighted by Crippen LogP contribution is -2.38. The highest BCUT2D eigenvalue weighted by atomic mass is 16.3. The first-order valence-electron chi connectivity index (χ1n) is 10.5. The number of fused-ring (bicyclic) bond motifs is 1. The molecule has 2 heterocycles. The maximum absolute atomic E-state index is 13.3. The molecule has 7 heteroatoms. The van der Waals surface area contributed by atoms with Crippen LogP contribution in [0.3, 0.4) is 0 Å². The number of carbonyl (C=O) groups excluding carboxylic acids is 1. The quantitative estimate of drug-likeness (QED) is 0.418. The summed E-state index contributed by atoms with van der Waals surface area (Å²) in [6.07, 6.45) is -0.607. The van der Waals surface area contributed by atoms with E-state index in [2.05, 4.69) is 10.4 Å². The summed E-state index contributed by atoms with van der Waals surface area (Å²) >= 11 is 0. The summed E-state index contributed by atoms with van der Waals surface area (Å²) in [5.41, 5.74) is 4.04. The second-order valence-electron chi connectivity index (χ2n) is 7.84. The maximum Gasteiger partial charge on any atom is 0.252 e. The van der Waals surface area contributed by atoms with E-state index >= 15 is 0 Å². The number of pyridine rings is 1. The van der Waals surface area contributed by atoms with E-state index < -0.39 is 12.1 Å². The average Bonchev–Trinajstić information content (AvgIpc) is 3.12. The van der Waals surface area contributed by atoms with Crippen molar-refractivity contribution in [2.75, 3.05) is 6.61 Å². The van der Waals surface area contributed by atoms with E-state index in [0.29, 0.717) is 28.0 Å². The van der Waals surface area contributed by atoms with Crippen molar-refractivity contribution in [3.63, 3.8) is 0 Å². The lowest BCUT2D eigenvalue weighted by molar-refractivity contribution is 0.0867. The van der Waals surface area contributed by atoms with E-state index in [-0.39, 0.29) is 18.9 Å². The lowest BCUT2D eigenvalue weighted by Gasteiger charge is -2.20. The molecule has 0 saturated heterocycles. The fraction of sp³-hybridized carbons (Fsp3) is 0.240. The molecule has 0 fully saturated rings. The summed E-state index contributed by atoms with van der Waals surface area (Å²) in [5, 5.41) is 28.4. The van der Waals surface area contributed by atoms with E-state index in [9.17, 15) is 15.0 Å². The van der Waals surface area contributed by atoms with E-state index in [4.69, 9.17) is 4.98 Å². The first kappa shape index (κ1) is 21.7. The molecule has 0 aliphatic heterocycles. The van der Waals surface area contributed by atoms with Gasteiger partial charge in [-0.15, -0.1) is 0 Å². The summed E-state index contributed by atoms with van der Waals surface area (Å²) in [6, 6.07) is 20.0. The number of carbonyl (C=O) groups is 1. The molecule has 0 aliphatic carbocycles. The molecule has 2 unspecified atom stereocenters. The number of hydrogen-bond donors (Lipinski definition) is 3. The van der Waals surface area contributed by atoms with Crippen LogP contribution in [0.2, 0.25) is 0 Å². The van der Waals surface area contributed by atoms with Gasteiger partial charge in [0, 0.05) is 12.6 Å². The van der Waals surface area contributed by atoms with Crippen molar-refractivity contribution < 1.29 is 15.0 Å². The van der Waals surface area contributed by atoms with Crippen molar-refractivity contribution in [2.24, 2.45) is 7.05 Å². The molecule has 0 saturated carbocycles. The monoisotopic (exact) mass is 430 g/mol. The summed E-state index contributed by atoms with van der Waals surface area (Å²) in [4.78, 5) is 18.0. The Balaban J connectivity index is 1.66. The van der Waals surface area contributed by atoms with Gasteiger partial charge in [-0.05, 0) is 25.0 Å². The van der Waals surface area contributed by atoms with Crippen LogP contribution < -0.4 is 5.32 Å². The van der Waals surface area contributed by atoms with Gasteiger partial charge in [0.2, 0.25) is 0 Å². The maximum atomic E-state index is 13.3. The molecule has 164 valence electrons. The standard InChI is InChI=1S/C25H26N4O3/c1-16-23-20(14-21(17-9-5-3-6-10-17)27-24(23)29(2)28-16)25(32)26-19(15-30)13-22(31)18-11-7-4-8-12-18/h3-12,14,19,22,30-31H,13,15H2,1-2H3,(H,26,32). The van der Waals surface area contributed by atoms with Crippen LogP contribution in [-0.4, -0.2) is 43.5 Å². The molecule has 7 nitrogen and oxygen atoms in total. The number of rotatable bonds is 7. The zero-order valence-electron chi connectivity index (χ0n) is 18.1. The van der Waals surface area contributed by atoms with Gasteiger partial charge in [-0.2, -0.15) is 5.10 Å². The molecule has 32 heavy (non-hydrogen) atoms. The molecular formula is C25H26N4O3.